The molecule has 1 aromatic heterocycles. The molecule has 0 bridgehead atoms. The molecule has 5 nitrogen and oxygen atoms in total. The van der Waals surface area contributed by atoms with E-state index < -0.39 is 0 Å². The van der Waals surface area contributed by atoms with Gasteiger partial charge in [0.1, 0.15) is 12.2 Å². The summed E-state index contributed by atoms with van der Waals surface area (Å²) in [7, 11) is 0. The first-order valence-corrected chi connectivity index (χ1v) is 6.22. The fourth-order valence-corrected chi connectivity index (χ4v) is 2.04. The van der Waals surface area contributed by atoms with Crippen LogP contribution in [0.25, 0.3) is 22.0 Å². The molecule has 0 radical (unpaired) electrons. The Balaban J connectivity index is 1.92. The summed E-state index contributed by atoms with van der Waals surface area (Å²) in [6.45, 7) is 0.295. The molecular weight excluding hydrogens is 252 g/mol. The minimum Gasteiger partial charge on any atom is -0.370 e. The molecule has 100 valence electrons. The van der Waals surface area contributed by atoms with E-state index in [0.29, 0.717) is 12.3 Å². The van der Waals surface area contributed by atoms with E-state index in [9.17, 15) is 0 Å². The molecule has 3 aromatic rings. The summed E-state index contributed by atoms with van der Waals surface area (Å²) in [6, 6.07) is 16.2. The number of rotatable bonds is 3. The molecule has 0 saturated carbocycles. The van der Waals surface area contributed by atoms with Crippen LogP contribution in [0.3, 0.4) is 0 Å². The minimum atomic E-state index is 0.0358. The molecule has 0 fully saturated rings. The van der Waals surface area contributed by atoms with Gasteiger partial charge in [0.2, 0.25) is 0 Å². The topological polar surface area (TPSA) is 90.4 Å². The SMILES string of the molecule is NC(N)=NCc1cc(-c2ccc3ccccc3c2)no1. The van der Waals surface area contributed by atoms with Crippen molar-refractivity contribution in [2.45, 2.75) is 6.54 Å². The molecule has 0 spiro atoms. The molecule has 1 heterocycles. The summed E-state index contributed by atoms with van der Waals surface area (Å²) >= 11 is 0. The van der Waals surface area contributed by atoms with Crippen molar-refractivity contribution in [2.24, 2.45) is 16.5 Å². The zero-order valence-electron chi connectivity index (χ0n) is 10.8. The molecule has 2 aromatic carbocycles. The Morgan fingerprint density at radius 3 is 2.65 bits per heavy atom. The van der Waals surface area contributed by atoms with E-state index in [0.717, 1.165) is 11.3 Å². The number of hydrogen-bond acceptors (Lipinski definition) is 3. The maximum atomic E-state index is 5.29. The van der Waals surface area contributed by atoms with Crippen LogP contribution in [-0.2, 0) is 6.54 Å². The standard InChI is InChI=1S/C15H14N4O/c16-15(17)18-9-13-8-14(19-20-13)12-6-5-10-3-1-2-4-11(10)7-12/h1-8H,9H2,(H4,16,17,18). The van der Waals surface area contributed by atoms with Gasteiger partial charge in [-0.2, -0.15) is 0 Å². The summed E-state index contributed by atoms with van der Waals surface area (Å²) in [5.74, 6) is 0.662. The minimum absolute atomic E-state index is 0.0358. The molecule has 0 aliphatic rings. The molecule has 0 amide bonds. The highest BCUT2D eigenvalue weighted by Crippen LogP contribution is 2.24. The van der Waals surface area contributed by atoms with Crippen LogP contribution in [0.4, 0.5) is 0 Å². The Labute approximate surface area is 115 Å². The van der Waals surface area contributed by atoms with Gasteiger partial charge in [0.05, 0.1) is 0 Å². The van der Waals surface area contributed by atoms with Crippen molar-refractivity contribution in [1.29, 1.82) is 0 Å². The fraction of sp³-hybridized carbons (Fsp3) is 0.0667. The first-order valence-electron chi connectivity index (χ1n) is 6.22. The third-order valence-corrected chi connectivity index (χ3v) is 3.02. The fourth-order valence-electron chi connectivity index (χ4n) is 2.04. The number of nitrogens with two attached hydrogens (primary N) is 2. The summed E-state index contributed by atoms with van der Waals surface area (Å²) in [6.07, 6.45) is 0. The number of fused-ring (bicyclic) bond motifs is 1. The lowest BCUT2D eigenvalue weighted by molar-refractivity contribution is 0.387. The monoisotopic (exact) mass is 266 g/mol. The van der Waals surface area contributed by atoms with Crippen molar-refractivity contribution in [3.8, 4) is 11.3 Å². The van der Waals surface area contributed by atoms with Gasteiger partial charge in [-0.25, -0.2) is 4.99 Å². The van der Waals surface area contributed by atoms with Gasteiger partial charge in [-0.15, -0.1) is 0 Å². The normalized spacial score (nSPS) is 10.6. The first-order chi connectivity index (χ1) is 9.72. The van der Waals surface area contributed by atoms with Gasteiger partial charge >= 0.3 is 0 Å². The van der Waals surface area contributed by atoms with Crippen LogP contribution in [0, 0.1) is 0 Å². The van der Waals surface area contributed by atoms with Crippen molar-refractivity contribution in [1.82, 2.24) is 5.16 Å². The molecule has 0 saturated heterocycles. The number of hydrogen-bond donors (Lipinski definition) is 2. The van der Waals surface area contributed by atoms with Gasteiger partial charge in [0.25, 0.3) is 0 Å². The molecule has 4 N–H and O–H groups in total. The van der Waals surface area contributed by atoms with Crippen LogP contribution >= 0.6 is 0 Å². The second-order valence-corrected chi connectivity index (χ2v) is 4.48. The van der Waals surface area contributed by atoms with E-state index in [-0.39, 0.29) is 5.96 Å². The van der Waals surface area contributed by atoms with Gasteiger partial charge in [-0.05, 0) is 16.8 Å². The Morgan fingerprint density at radius 1 is 1.05 bits per heavy atom. The van der Waals surface area contributed by atoms with Gasteiger partial charge < -0.3 is 16.0 Å². The molecule has 0 aliphatic heterocycles. The summed E-state index contributed by atoms with van der Waals surface area (Å²) in [5.41, 5.74) is 12.3. The summed E-state index contributed by atoms with van der Waals surface area (Å²) in [5, 5.41) is 6.41. The predicted molar refractivity (Wildman–Crippen MR) is 79.0 cm³/mol. The molecule has 5 heteroatoms. The maximum absolute atomic E-state index is 5.29. The summed E-state index contributed by atoms with van der Waals surface area (Å²) in [4.78, 5) is 3.89. The van der Waals surface area contributed by atoms with E-state index in [1.807, 2.05) is 24.3 Å². The second-order valence-electron chi connectivity index (χ2n) is 4.48. The molecular formula is C15H14N4O. The lowest BCUT2D eigenvalue weighted by Gasteiger charge is -1.99. The Hall–Kier alpha value is -2.82. The van der Waals surface area contributed by atoms with Crippen LogP contribution in [-0.4, -0.2) is 11.1 Å². The Kier molecular flexibility index (Phi) is 3.09. The number of aromatic nitrogens is 1. The number of benzene rings is 2. The Bertz CT molecular complexity index is 772. The molecule has 20 heavy (non-hydrogen) atoms. The third-order valence-electron chi connectivity index (χ3n) is 3.02. The van der Waals surface area contributed by atoms with E-state index in [4.69, 9.17) is 16.0 Å². The number of aliphatic imine (C=N–C) groups is 1. The third kappa shape index (κ3) is 2.47. The number of guanidine groups is 1. The van der Waals surface area contributed by atoms with E-state index in [1.54, 1.807) is 0 Å². The zero-order chi connectivity index (χ0) is 13.9. The van der Waals surface area contributed by atoms with Gasteiger partial charge in [-0.1, -0.05) is 41.6 Å². The van der Waals surface area contributed by atoms with Crippen LogP contribution in [0.15, 0.2) is 58.0 Å². The second kappa shape index (κ2) is 5.05. The Morgan fingerprint density at radius 2 is 1.85 bits per heavy atom. The van der Waals surface area contributed by atoms with Crippen LogP contribution in [0.5, 0.6) is 0 Å². The van der Waals surface area contributed by atoms with Gasteiger partial charge in [0.15, 0.2) is 11.7 Å². The van der Waals surface area contributed by atoms with E-state index in [2.05, 4.69) is 34.4 Å². The van der Waals surface area contributed by atoms with Gasteiger partial charge in [0, 0.05) is 11.6 Å². The molecule has 0 aliphatic carbocycles. The highest BCUT2D eigenvalue weighted by molar-refractivity contribution is 5.86. The van der Waals surface area contributed by atoms with Crippen molar-refractivity contribution in [3.63, 3.8) is 0 Å². The van der Waals surface area contributed by atoms with Crippen LogP contribution in [0.1, 0.15) is 5.76 Å². The van der Waals surface area contributed by atoms with E-state index >= 15 is 0 Å². The predicted octanol–water partition coefficient (Wildman–Crippen LogP) is 2.27. The van der Waals surface area contributed by atoms with Crippen molar-refractivity contribution in [3.05, 3.63) is 54.3 Å². The highest BCUT2D eigenvalue weighted by Gasteiger charge is 2.06. The lowest BCUT2D eigenvalue weighted by Crippen LogP contribution is -2.22. The van der Waals surface area contributed by atoms with E-state index in [1.165, 1.54) is 10.8 Å². The smallest absolute Gasteiger partial charge is 0.186 e. The average molecular weight is 266 g/mol. The molecule has 3 rings (SSSR count). The van der Waals surface area contributed by atoms with Gasteiger partial charge in [-0.3, -0.25) is 0 Å². The lowest BCUT2D eigenvalue weighted by atomic mass is 10.1. The number of nitrogens with zero attached hydrogens (tertiary/aromatic N) is 2. The molecule has 0 unspecified atom stereocenters. The van der Waals surface area contributed by atoms with Crippen LogP contribution in [0.2, 0.25) is 0 Å². The molecule has 0 atom stereocenters. The van der Waals surface area contributed by atoms with Crippen molar-refractivity contribution in [2.75, 3.05) is 0 Å². The maximum Gasteiger partial charge on any atom is 0.186 e. The summed E-state index contributed by atoms with van der Waals surface area (Å²) < 4.78 is 5.21. The highest BCUT2D eigenvalue weighted by atomic mass is 16.5. The zero-order valence-corrected chi connectivity index (χ0v) is 10.8. The average Bonchev–Trinajstić information content (AvgIpc) is 2.93. The van der Waals surface area contributed by atoms with Crippen LogP contribution < -0.4 is 11.5 Å². The first kappa shape index (κ1) is 12.2. The largest absolute Gasteiger partial charge is 0.370 e. The van der Waals surface area contributed by atoms with Crippen molar-refractivity contribution >= 4 is 16.7 Å². The van der Waals surface area contributed by atoms with Crippen molar-refractivity contribution < 1.29 is 4.52 Å². The quantitative estimate of drug-likeness (QED) is 0.562.